The summed E-state index contributed by atoms with van der Waals surface area (Å²) >= 11 is 6.68. The number of hydrogen-bond acceptors (Lipinski definition) is 5. The number of carbonyl (C=O) groups excluding carboxylic acids is 1. The highest BCUT2D eigenvalue weighted by atomic mass is 35.5. The molecule has 0 spiro atoms. The molecule has 2 N–H and O–H groups in total. The zero-order valence-corrected chi connectivity index (χ0v) is 23.6. The smallest absolute Gasteiger partial charge is 0.281 e. The standard InChI is InChI=1S/C30H27ClF2N4O3S/c1-19-17-23(33)11-12-26(19)35-28-25(18-34-29(27(28)31)41(39,40)36-24-5-3-2-4-6-24)30(38)37-15-13-21(14-16-37)20-7-9-22(32)10-8-20/h2-12,17-18,21,36H,13-16H2,1H3,(H,34,35). The van der Waals surface area contributed by atoms with E-state index in [-0.39, 0.29) is 33.9 Å². The lowest BCUT2D eigenvalue weighted by atomic mass is 9.89. The van der Waals surface area contributed by atoms with Crippen LogP contribution in [0.3, 0.4) is 0 Å². The second kappa shape index (κ2) is 11.8. The molecular formula is C30H27ClF2N4O3S. The molecule has 1 aliphatic rings. The number of sulfonamides is 1. The number of likely N-dealkylation sites (tertiary alicyclic amines) is 1. The summed E-state index contributed by atoms with van der Waals surface area (Å²) in [6, 6.07) is 18.7. The first-order valence-corrected chi connectivity index (χ1v) is 14.8. The van der Waals surface area contributed by atoms with Crippen LogP contribution in [0.4, 0.5) is 25.8 Å². The number of aryl methyl sites for hydroxylation is 1. The maximum atomic E-state index is 13.8. The molecule has 1 aromatic heterocycles. The monoisotopic (exact) mass is 596 g/mol. The lowest BCUT2D eigenvalue weighted by Crippen LogP contribution is -2.38. The summed E-state index contributed by atoms with van der Waals surface area (Å²) in [7, 11) is -4.23. The molecule has 0 saturated carbocycles. The van der Waals surface area contributed by atoms with Gasteiger partial charge in [0.15, 0.2) is 5.03 Å². The molecule has 0 bridgehead atoms. The van der Waals surface area contributed by atoms with Crippen LogP contribution in [0.15, 0.2) is 84.0 Å². The van der Waals surface area contributed by atoms with E-state index in [9.17, 15) is 22.0 Å². The Morgan fingerprint density at radius 3 is 2.29 bits per heavy atom. The Hall–Kier alpha value is -4.02. The van der Waals surface area contributed by atoms with Crippen LogP contribution in [0.1, 0.15) is 40.2 Å². The summed E-state index contributed by atoms with van der Waals surface area (Å²) < 4.78 is 56.1. The molecule has 4 aromatic rings. The average molecular weight is 597 g/mol. The minimum atomic E-state index is -4.23. The van der Waals surface area contributed by atoms with Gasteiger partial charge in [0.25, 0.3) is 15.9 Å². The molecule has 11 heteroatoms. The Morgan fingerprint density at radius 1 is 0.976 bits per heavy atom. The Kier molecular flexibility index (Phi) is 8.23. The highest BCUT2D eigenvalue weighted by molar-refractivity contribution is 7.92. The number of rotatable bonds is 7. The minimum Gasteiger partial charge on any atom is -0.353 e. The fourth-order valence-corrected chi connectivity index (χ4v) is 6.45. The second-order valence-corrected chi connectivity index (χ2v) is 11.8. The fourth-order valence-electron chi connectivity index (χ4n) is 4.87. The van der Waals surface area contributed by atoms with Gasteiger partial charge >= 0.3 is 0 Å². The van der Waals surface area contributed by atoms with Crippen molar-refractivity contribution in [1.29, 1.82) is 0 Å². The van der Waals surface area contributed by atoms with Crippen molar-refractivity contribution in [2.45, 2.75) is 30.7 Å². The van der Waals surface area contributed by atoms with E-state index in [1.165, 1.54) is 36.5 Å². The zero-order chi connectivity index (χ0) is 29.1. The van der Waals surface area contributed by atoms with Crippen LogP contribution in [0, 0.1) is 18.6 Å². The van der Waals surface area contributed by atoms with E-state index in [1.54, 1.807) is 54.3 Å². The molecule has 212 valence electrons. The van der Waals surface area contributed by atoms with Gasteiger partial charge in [-0.25, -0.2) is 13.8 Å². The van der Waals surface area contributed by atoms with E-state index in [4.69, 9.17) is 11.6 Å². The quantitative estimate of drug-likeness (QED) is 0.242. The molecule has 0 radical (unpaired) electrons. The van der Waals surface area contributed by atoms with Gasteiger partial charge in [0, 0.05) is 30.7 Å². The van der Waals surface area contributed by atoms with Crippen LogP contribution in [0.5, 0.6) is 0 Å². The van der Waals surface area contributed by atoms with Gasteiger partial charge in [0.05, 0.1) is 11.3 Å². The van der Waals surface area contributed by atoms with Crippen molar-refractivity contribution in [2.24, 2.45) is 0 Å². The first-order valence-electron chi connectivity index (χ1n) is 13.0. The predicted molar refractivity (Wildman–Crippen MR) is 155 cm³/mol. The van der Waals surface area contributed by atoms with Crippen molar-refractivity contribution in [1.82, 2.24) is 9.88 Å². The van der Waals surface area contributed by atoms with E-state index in [0.717, 1.165) is 5.56 Å². The van der Waals surface area contributed by atoms with Gasteiger partial charge < -0.3 is 10.2 Å². The van der Waals surface area contributed by atoms with Crippen molar-refractivity contribution in [3.8, 4) is 0 Å². The number of para-hydroxylation sites is 1. The van der Waals surface area contributed by atoms with E-state index in [2.05, 4.69) is 15.0 Å². The van der Waals surface area contributed by atoms with E-state index >= 15 is 0 Å². The number of halogens is 3. The second-order valence-electron chi connectivity index (χ2n) is 9.84. The third-order valence-electron chi connectivity index (χ3n) is 7.07. The van der Waals surface area contributed by atoms with Gasteiger partial charge in [0.1, 0.15) is 16.7 Å². The topological polar surface area (TPSA) is 91.4 Å². The Balaban J connectivity index is 1.47. The summed E-state index contributed by atoms with van der Waals surface area (Å²) in [6.45, 7) is 2.54. The van der Waals surface area contributed by atoms with E-state index < -0.39 is 20.9 Å². The summed E-state index contributed by atoms with van der Waals surface area (Å²) in [5.74, 6) is -0.937. The number of pyridine rings is 1. The number of aromatic nitrogens is 1. The third-order valence-corrected chi connectivity index (χ3v) is 8.87. The molecule has 5 rings (SSSR count). The summed E-state index contributed by atoms with van der Waals surface area (Å²) in [5.41, 5.74) is 2.44. The van der Waals surface area contributed by atoms with Crippen LogP contribution in [-0.4, -0.2) is 37.3 Å². The minimum absolute atomic E-state index is 0.0514. The van der Waals surface area contributed by atoms with Crippen LogP contribution >= 0.6 is 11.6 Å². The molecule has 0 aliphatic carbocycles. The number of benzene rings is 3. The molecule has 2 heterocycles. The molecule has 1 fully saturated rings. The van der Waals surface area contributed by atoms with Gasteiger partial charge in [-0.05, 0) is 79.3 Å². The molecule has 1 aliphatic heterocycles. The van der Waals surface area contributed by atoms with E-state index in [0.29, 0.717) is 42.9 Å². The Labute approximate surface area is 242 Å². The molecule has 0 unspecified atom stereocenters. The number of piperidine rings is 1. The Morgan fingerprint density at radius 2 is 1.63 bits per heavy atom. The van der Waals surface area contributed by atoms with Crippen molar-refractivity contribution in [3.63, 3.8) is 0 Å². The van der Waals surface area contributed by atoms with Gasteiger partial charge in [-0.2, -0.15) is 8.42 Å². The van der Waals surface area contributed by atoms with Crippen molar-refractivity contribution in [2.75, 3.05) is 23.1 Å². The molecule has 0 atom stereocenters. The van der Waals surface area contributed by atoms with Crippen molar-refractivity contribution in [3.05, 3.63) is 112 Å². The van der Waals surface area contributed by atoms with Crippen molar-refractivity contribution < 1.29 is 22.0 Å². The first kappa shape index (κ1) is 28.5. The predicted octanol–water partition coefficient (Wildman–Crippen LogP) is 6.89. The molecular weight excluding hydrogens is 570 g/mol. The maximum Gasteiger partial charge on any atom is 0.281 e. The number of nitrogens with zero attached hydrogens (tertiary/aromatic N) is 2. The SMILES string of the molecule is Cc1cc(F)ccc1Nc1c(C(=O)N2CCC(c3ccc(F)cc3)CC2)cnc(S(=O)(=O)Nc2ccccc2)c1Cl. The maximum absolute atomic E-state index is 13.8. The molecule has 1 amide bonds. The molecule has 41 heavy (non-hydrogen) atoms. The van der Waals surface area contributed by atoms with Crippen LogP contribution in [-0.2, 0) is 10.0 Å². The lowest BCUT2D eigenvalue weighted by molar-refractivity contribution is 0.0713. The Bertz CT molecular complexity index is 1680. The van der Waals surface area contributed by atoms with Gasteiger partial charge in [-0.1, -0.05) is 41.9 Å². The highest BCUT2D eigenvalue weighted by Gasteiger charge is 2.30. The number of anilines is 3. The average Bonchev–Trinajstić information content (AvgIpc) is 2.95. The number of hydrogen-bond donors (Lipinski definition) is 2. The number of amides is 1. The zero-order valence-electron chi connectivity index (χ0n) is 22.1. The van der Waals surface area contributed by atoms with Gasteiger partial charge in [-0.3, -0.25) is 9.52 Å². The number of carbonyl (C=O) groups is 1. The first-order chi connectivity index (χ1) is 19.6. The van der Waals surface area contributed by atoms with Crippen LogP contribution < -0.4 is 10.0 Å². The summed E-state index contributed by atoms with van der Waals surface area (Å²) in [6.07, 6.45) is 2.54. The lowest BCUT2D eigenvalue weighted by Gasteiger charge is -2.33. The van der Waals surface area contributed by atoms with Crippen LogP contribution in [0.25, 0.3) is 0 Å². The summed E-state index contributed by atoms with van der Waals surface area (Å²) in [4.78, 5) is 19.5. The van der Waals surface area contributed by atoms with E-state index in [1.807, 2.05) is 0 Å². The summed E-state index contributed by atoms with van der Waals surface area (Å²) in [5, 5.41) is 2.32. The normalized spacial score (nSPS) is 14.1. The van der Waals surface area contributed by atoms with Gasteiger partial charge in [0.2, 0.25) is 0 Å². The molecule has 7 nitrogen and oxygen atoms in total. The highest BCUT2D eigenvalue weighted by Crippen LogP contribution is 2.37. The third kappa shape index (κ3) is 6.34. The van der Waals surface area contributed by atoms with Crippen LogP contribution in [0.2, 0.25) is 5.02 Å². The largest absolute Gasteiger partial charge is 0.353 e. The van der Waals surface area contributed by atoms with Gasteiger partial charge in [-0.15, -0.1) is 0 Å². The fraction of sp³-hybridized carbons (Fsp3) is 0.200. The number of nitrogens with one attached hydrogen (secondary N) is 2. The van der Waals surface area contributed by atoms with Crippen molar-refractivity contribution >= 4 is 44.6 Å². The molecule has 1 saturated heterocycles. The molecule has 3 aromatic carbocycles.